The third-order valence-corrected chi connectivity index (χ3v) is 3.36. The Morgan fingerprint density at radius 3 is 2.94 bits per heavy atom. The van der Waals surface area contributed by atoms with Crippen molar-refractivity contribution >= 4 is 28.8 Å². The highest BCUT2D eigenvalue weighted by atomic mass is 35.5. The fourth-order valence-corrected chi connectivity index (χ4v) is 2.39. The Balaban J connectivity index is 1.97. The van der Waals surface area contributed by atoms with E-state index in [1.807, 2.05) is 12.4 Å². The highest BCUT2D eigenvalue weighted by Crippen LogP contribution is 2.19. The maximum atomic E-state index is 6.01. The van der Waals surface area contributed by atoms with E-state index in [-0.39, 0.29) is 0 Å². The minimum absolute atomic E-state index is 0.527. The van der Waals surface area contributed by atoms with Crippen LogP contribution in [0.5, 0.6) is 0 Å². The Bertz CT molecular complexity index is 472. The molecule has 1 N–H and O–H groups in total. The van der Waals surface area contributed by atoms with Crippen LogP contribution in [-0.4, -0.2) is 21.5 Å². The molecule has 0 aliphatic rings. The van der Waals surface area contributed by atoms with Gasteiger partial charge in [0.25, 0.3) is 0 Å². The normalized spacial score (nSPS) is 10.5. The zero-order chi connectivity index (χ0) is 12.1. The third kappa shape index (κ3) is 3.14. The van der Waals surface area contributed by atoms with Crippen LogP contribution in [0.25, 0.3) is 0 Å². The molecule has 0 fully saturated rings. The summed E-state index contributed by atoms with van der Waals surface area (Å²) in [5.41, 5.74) is 3.90. The zero-order valence-electron chi connectivity index (χ0n) is 9.48. The van der Waals surface area contributed by atoms with Crippen LogP contribution in [0, 0.1) is 0 Å². The van der Waals surface area contributed by atoms with Crippen molar-refractivity contribution in [2.24, 2.45) is 0 Å². The van der Waals surface area contributed by atoms with Gasteiger partial charge < -0.3 is 5.32 Å². The monoisotopic (exact) mass is 268 g/mol. The summed E-state index contributed by atoms with van der Waals surface area (Å²) in [6.45, 7) is 2.83. The highest BCUT2D eigenvalue weighted by molar-refractivity contribution is 7.07. The van der Waals surface area contributed by atoms with E-state index in [1.54, 1.807) is 11.3 Å². The Labute approximate surface area is 109 Å². The van der Waals surface area contributed by atoms with Gasteiger partial charge in [-0.1, -0.05) is 18.5 Å². The van der Waals surface area contributed by atoms with E-state index >= 15 is 0 Å². The van der Waals surface area contributed by atoms with Crippen LogP contribution in [0.3, 0.4) is 0 Å². The van der Waals surface area contributed by atoms with Crippen LogP contribution in [0.1, 0.15) is 18.2 Å². The lowest BCUT2D eigenvalue weighted by atomic mass is 10.2. The minimum Gasteiger partial charge on any atom is -0.369 e. The summed E-state index contributed by atoms with van der Waals surface area (Å²) in [5, 5.41) is 5.85. The smallest absolute Gasteiger partial charge is 0.137 e. The van der Waals surface area contributed by atoms with Crippen molar-refractivity contribution in [3.8, 4) is 0 Å². The van der Waals surface area contributed by atoms with Crippen molar-refractivity contribution in [1.82, 2.24) is 15.0 Å². The molecule has 2 heterocycles. The molecule has 4 nitrogen and oxygen atoms in total. The average Bonchev–Trinajstić information content (AvgIpc) is 2.82. The van der Waals surface area contributed by atoms with Gasteiger partial charge in [-0.2, -0.15) is 0 Å². The van der Waals surface area contributed by atoms with Gasteiger partial charge in [0.05, 0.1) is 11.2 Å². The SMILES string of the molecule is CCc1c(Cl)ncnc1NCCc1cscn1. The molecule has 0 radical (unpaired) electrons. The van der Waals surface area contributed by atoms with Gasteiger partial charge in [0, 0.05) is 23.9 Å². The predicted molar refractivity (Wildman–Crippen MR) is 70.7 cm³/mol. The molecule has 0 spiro atoms. The lowest BCUT2D eigenvalue weighted by Gasteiger charge is -2.09. The molecule has 0 saturated carbocycles. The van der Waals surface area contributed by atoms with Crippen LogP contribution in [-0.2, 0) is 12.8 Å². The second-order valence-electron chi connectivity index (χ2n) is 3.50. The third-order valence-electron chi connectivity index (χ3n) is 2.40. The number of hydrogen-bond donors (Lipinski definition) is 1. The Morgan fingerprint density at radius 1 is 1.35 bits per heavy atom. The number of hydrogen-bond acceptors (Lipinski definition) is 5. The molecule has 90 valence electrons. The van der Waals surface area contributed by atoms with Gasteiger partial charge in [0.1, 0.15) is 17.3 Å². The van der Waals surface area contributed by atoms with Crippen molar-refractivity contribution in [3.63, 3.8) is 0 Å². The number of anilines is 1. The first-order valence-corrected chi connectivity index (χ1v) is 6.73. The Hall–Kier alpha value is -1.20. The molecule has 6 heteroatoms. The van der Waals surface area contributed by atoms with E-state index in [4.69, 9.17) is 11.6 Å². The summed E-state index contributed by atoms with van der Waals surface area (Å²) >= 11 is 7.62. The number of aromatic nitrogens is 3. The molecule has 0 aliphatic heterocycles. The second-order valence-corrected chi connectivity index (χ2v) is 4.58. The maximum Gasteiger partial charge on any atom is 0.137 e. The molecule has 0 aromatic carbocycles. The van der Waals surface area contributed by atoms with Gasteiger partial charge in [-0.15, -0.1) is 11.3 Å². The standard InChI is InChI=1S/C11H13ClN4S/c1-2-9-10(12)14-6-15-11(9)13-4-3-8-5-17-7-16-8/h5-7H,2-4H2,1H3,(H,13,14,15). The molecular formula is C11H13ClN4S. The number of halogens is 1. The molecule has 2 rings (SSSR count). The summed E-state index contributed by atoms with van der Waals surface area (Å²) in [6.07, 6.45) is 3.18. The maximum absolute atomic E-state index is 6.01. The summed E-state index contributed by atoms with van der Waals surface area (Å²) in [4.78, 5) is 12.4. The molecule has 2 aromatic heterocycles. The number of nitrogens with one attached hydrogen (secondary N) is 1. The summed E-state index contributed by atoms with van der Waals surface area (Å²) < 4.78 is 0. The molecule has 0 unspecified atom stereocenters. The van der Waals surface area contributed by atoms with E-state index < -0.39 is 0 Å². The lowest BCUT2D eigenvalue weighted by Crippen LogP contribution is -2.09. The van der Waals surface area contributed by atoms with Crippen molar-refractivity contribution in [3.05, 3.63) is 33.6 Å². The van der Waals surface area contributed by atoms with Crippen LogP contribution in [0.4, 0.5) is 5.82 Å². The topological polar surface area (TPSA) is 50.7 Å². The van der Waals surface area contributed by atoms with Crippen LogP contribution in [0.2, 0.25) is 5.15 Å². The minimum atomic E-state index is 0.527. The Kier molecular flexibility index (Phi) is 4.28. The van der Waals surface area contributed by atoms with Crippen LogP contribution >= 0.6 is 22.9 Å². The van der Waals surface area contributed by atoms with Gasteiger partial charge in [0.15, 0.2) is 0 Å². The highest BCUT2D eigenvalue weighted by Gasteiger charge is 2.07. The predicted octanol–water partition coefficient (Wildman–Crippen LogP) is 2.80. The van der Waals surface area contributed by atoms with E-state index in [0.717, 1.165) is 36.5 Å². The average molecular weight is 269 g/mol. The van der Waals surface area contributed by atoms with E-state index in [2.05, 4.69) is 25.6 Å². The first-order chi connectivity index (χ1) is 8.31. The number of rotatable bonds is 5. The largest absolute Gasteiger partial charge is 0.369 e. The Morgan fingerprint density at radius 2 is 2.24 bits per heavy atom. The molecule has 0 bridgehead atoms. The molecule has 2 aromatic rings. The van der Waals surface area contributed by atoms with E-state index in [1.165, 1.54) is 6.33 Å². The number of nitrogens with zero attached hydrogens (tertiary/aromatic N) is 3. The summed E-state index contributed by atoms with van der Waals surface area (Å²) in [5.74, 6) is 0.822. The van der Waals surface area contributed by atoms with Crippen molar-refractivity contribution in [1.29, 1.82) is 0 Å². The van der Waals surface area contributed by atoms with Crippen LogP contribution < -0.4 is 5.32 Å². The molecule has 0 aliphatic carbocycles. The van der Waals surface area contributed by atoms with Gasteiger partial charge in [-0.05, 0) is 6.42 Å². The first kappa shape index (κ1) is 12.3. The van der Waals surface area contributed by atoms with Gasteiger partial charge in [0.2, 0.25) is 0 Å². The molecule has 0 atom stereocenters. The van der Waals surface area contributed by atoms with Crippen molar-refractivity contribution in [2.45, 2.75) is 19.8 Å². The van der Waals surface area contributed by atoms with Crippen LogP contribution in [0.15, 0.2) is 17.2 Å². The van der Waals surface area contributed by atoms with E-state index in [0.29, 0.717) is 5.15 Å². The van der Waals surface area contributed by atoms with Crippen molar-refractivity contribution < 1.29 is 0 Å². The fraction of sp³-hybridized carbons (Fsp3) is 0.364. The van der Waals surface area contributed by atoms with Crippen molar-refractivity contribution in [2.75, 3.05) is 11.9 Å². The summed E-state index contributed by atoms with van der Waals surface area (Å²) in [7, 11) is 0. The van der Waals surface area contributed by atoms with E-state index in [9.17, 15) is 0 Å². The lowest BCUT2D eigenvalue weighted by molar-refractivity contribution is 0.949. The molecule has 17 heavy (non-hydrogen) atoms. The van der Waals surface area contributed by atoms with Gasteiger partial charge in [-0.25, -0.2) is 15.0 Å². The zero-order valence-corrected chi connectivity index (χ0v) is 11.1. The van der Waals surface area contributed by atoms with Gasteiger partial charge >= 0.3 is 0 Å². The van der Waals surface area contributed by atoms with Gasteiger partial charge in [-0.3, -0.25) is 0 Å². The quantitative estimate of drug-likeness (QED) is 0.848. The molecular weight excluding hydrogens is 256 g/mol. The molecule has 0 amide bonds. The second kappa shape index (κ2) is 5.93. The fourth-order valence-electron chi connectivity index (χ4n) is 1.53. The number of thiazole rings is 1. The summed E-state index contributed by atoms with van der Waals surface area (Å²) in [6, 6.07) is 0. The first-order valence-electron chi connectivity index (χ1n) is 5.41. The molecule has 0 saturated heterocycles.